The zero-order valence-electron chi connectivity index (χ0n) is 13.8. The summed E-state index contributed by atoms with van der Waals surface area (Å²) in [7, 11) is -3.74. The van der Waals surface area contributed by atoms with Crippen LogP contribution < -0.4 is 10.4 Å². The van der Waals surface area contributed by atoms with Gasteiger partial charge in [-0.1, -0.05) is 80.3 Å². The molecule has 0 aliphatic heterocycles. The second kappa shape index (κ2) is 6.30. The van der Waals surface area contributed by atoms with Gasteiger partial charge in [-0.25, -0.2) is 0 Å². The highest BCUT2D eigenvalue weighted by molar-refractivity contribution is 7.48. The predicted molar refractivity (Wildman–Crippen MR) is 97.5 cm³/mol. The molecule has 0 saturated carbocycles. The minimum Gasteiger partial charge on any atom is -0.408 e. The van der Waals surface area contributed by atoms with Crippen LogP contribution in [-0.2, 0) is 4.43 Å². The molecule has 0 N–H and O–H groups in total. The summed E-state index contributed by atoms with van der Waals surface area (Å²) in [5, 5.41) is 2.81. The van der Waals surface area contributed by atoms with Gasteiger partial charge in [-0.2, -0.15) is 0 Å². The highest BCUT2D eigenvalue weighted by Gasteiger charge is 2.51. The molecule has 0 bridgehead atoms. The maximum absolute atomic E-state index is 6.78. The van der Waals surface area contributed by atoms with Crippen molar-refractivity contribution < 1.29 is 4.43 Å². The molecule has 1 nitrogen and oxygen atoms in total. The number of hydrogen-bond donors (Lipinski definition) is 0. The molecule has 0 spiro atoms. The fourth-order valence-electron chi connectivity index (χ4n) is 3.04. The van der Waals surface area contributed by atoms with Crippen molar-refractivity contribution in [3.63, 3.8) is 0 Å². The molecule has 0 aromatic heterocycles. The molecule has 0 aliphatic carbocycles. The van der Waals surface area contributed by atoms with E-state index in [4.69, 9.17) is 4.43 Å². The van der Waals surface area contributed by atoms with Crippen molar-refractivity contribution in [2.75, 3.05) is 0 Å². The van der Waals surface area contributed by atoms with Crippen LogP contribution in [0.25, 0.3) is 0 Å². The van der Waals surface area contributed by atoms with Crippen LogP contribution in [0.2, 0.25) is 19.6 Å². The van der Waals surface area contributed by atoms with Gasteiger partial charge < -0.3 is 4.43 Å². The first-order chi connectivity index (χ1) is 9.88. The molecule has 2 aromatic rings. The van der Waals surface area contributed by atoms with Crippen LogP contribution in [0.1, 0.15) is 13.8 Å². The first kappa shape index (κ1) is 16.2. The van der Waals surface area contributed by atoms with Gasteiger partial charge in [-0.15, -0.1) is 0 Å². The van der Waals surface area contributed by atoms with Crippen molar-refractivity contribution in [2.45, 2.75) is 39.6 Å². The van der Waals surface area contributed by atoms with Gasteiger partial charge in [-0.05, 0) is 24.2 Å². The summed E-state index contributed by atoms with van der Waals surface area (Å²) in [4.78, 5) is 0. The van der Waals surface area contributed by atoms with E-state index < -0.39 is 15.4 Å². The molecular formula is C18H26OSi2. The second-order valence-electron chi connectivity index (χ2n) is 6.83. The first-order valence-corrected chi connectivity index (χ1v) is 14.1. The highest BCUT2D eigenvalue weighted by Crippen LogP contribution is 2.22. The molecule has 0 heterocycles. The quantitative estimate of drug-likeness (QED) is 0.766. The molecule has 2 rings (SSSR count). The fraction of sp³-hybridized carbons (Fsp3) is 0.333. The van der Waals surface area contributed by atoms with E-state index in [1.807, 2.05) is 0 Å². The van der Waals surface area contributed by atoms with E-state index in [1.165, 1.54) is 10.4 Å². The Morgan fingerprint density at radius 1 is 0.714 bits per heavy atom. The zero-order chi connectivity index (χ0) is 15.5. The van der Waals surface area contributed by atoms with E-state index in [0.717, 1.165) is 0 Å². The number of rotatable bonds is 5. The monoisotopic (exact) mass is 314 g/mol. The summed E-state index contributed by atoms with van der Waals surface area (Å²) in [6, 6.07) is 21.8. The number of benzene rings is 2. The molecule has 0 atom stereocenters. The van der Waals surface area contributed by atoms with Gasteiger partial charge in [0, 0.05) is 6.10 Å². The zero-order valence-corrected chi connectivity index (χ0v) is 15.8. The highest BCUT2D eigenvalue weighted by atomic mass is 29.3. The summed E-state index contributed by atoms with van der Waals surface area (Å²) in [6.45, 7) is 11.7. The standard InChI is InChI=1S/C18H26OSi2/c1-16(2)19-21(20(3,4)5,17-12-8-6-9-13-17)18-14-10-7-11-15-18/h6-16H,1-5H3. The third-order valence-electron chi connectivity index (χ3n) is 3.83. The van der Waals surface area contributed by atoms with Crippen molar-refractivity contribution in [1.82, 2.24) is 0 Å². The Kier molecular flexibility index (Phi) is 4.86. The molecule has 3 heteroatoms. The van der Waals surface area contributed by atoms with Crippen molar-refractivity contribution in [3.8, 4) is 0 Å². The van der Waals surface area contributed by atoms with Gasteiger partial charge in [0.05, 0.1) is 7.59 Å². The summed E-state index contributed by atoms with van der Waals surface area (Å²) >= 11 is 0. The molecule has 2 aromatic carbocycles. The lowest BCUT2D eigenvalue weighted by Crippen LogP contribution is -2.75. The van der Waals surface area contributed by atoms with Crippen LogP contribution in [0.5, 0.6) is 0 Å². The third-order valence-corrected chi connectivity index (χ3v) is 17.5. The van der Waals surface area contributed by atoms with Crippen LogP contribution >= 0.6 is 0 Å². The molecule has 0 radical (unpaired) electrons. The van der Waals surface area contributed by atoms with E-state index >= 15 is 0 Å². The van der Waals surface area contributed by atoms with Crippen LogP contribution in [0.15, 0.2) is 60.7 Å². The molecule has 21 heavy (non-hydrogen) atoms. The second-order valence-corrected chi connectivity index (χ2v) is 20.7. The Balaban J connectivity index is 2.72. The normalized spacial score (nSPS) is 12.7. The Morgan fingerprint density at radius 2 is 1.10 bits per heavy atom. The average molecular weight is 315 g/mol. The van der Waals surface area contributed by atoms with Gasteiger partial charge in [0.15, 0.2) is 0 Å². The first-order valence-electron chi connectivity index (χ1n) is 7.67. The Bertz CT molecular complexity index is 519. The van der Waals surface area contributed by atoms with Crippen molar-refractivity contribution in [1.29, 1.82) is 0 Å². The molecule has 0 saturated heterocycles. The summed E-state index contributed by atoms with van der Waals surface area (Å²) < 4.78 is 6.78. The van der Waals surface area contributed by atoms with Gasteiger partial charge in [0.1, 0.15) is 0 Å². The van der Waals surface area contributed by atoms with E-state index in [-0.39, 0.29) is 6.10 Å². The largest absolute Gasteiger partial charge is 0.408 e. The maximum Gasteiger partial charge on any atom is 0.240 e. The topological polar surface area (TPSA) is 9.23 Å². The fourth-order valence-corrected chi connectivity index (χ4v) is 15.7. The Morgan fingerprint density at radius 3 is 1.38 bits per heavy atom. The van der Waals surface area contributed by atoms with Crippen LogP contribution in [0.3, 0.4) is 0 Å². The average Bonchev–Trinajstić information content (AvgIpc) is 2.45. The minimum absolute atomic E-state index is 0.240. The number of hydrogen-bond acceptors (Lipinski definition) is 1. The lowest BCUT2D eigenvalue weighted by molar-refractivity contribution is 0.247. The summed E-state index contributed by atoms with van der Waals surface area (Å²) in [5.74, 6) is 0. The van der Waals surface area contributed by atoms with E-state index in [1.54, 1.807) is 0 Å². The lowest BCUT2D eigenvalue weighted by atomic mass is 10.4. The van der Waals surface area contributed by atoms with E-state index in [9.17, 15) is 0 Å². The Labute approximate surface area is 130 Å². The van der Waals surface area contributed by atoms with Gasteiger partial charge >= 0.3 is 0 Å². The Hall–Kier alpha value is -1.17. The van der Waals surface area contributed by atoms with Gasteiger partial charge in [0.2, 0.25) is 7.83 Å². The molecule has 0 amide bonds. The molecular weight excluding hydrogens is 288 g/mol. The maximum atomic E-state index is 6.78. The third kappa shape index (κ3) is 3.20. The molecule has 0 unspecified atom stereocenters. The van der Waals surface area contributed by atoms with Crippen LogP contribution in [0, 0.1) is 0 Å². The van der Waals surface area contributed by atoms with Crippen LogP contribution in [-0.4, -0.2) is 21.5 Å². The van der Waals surface area contributed by atoms with Gasteiger partial charge in [-0.3, -0.25) is 0 Å². The van der Waals surface area contributed by atoms with E-state index in [2.05, 4.69) is 94.2 Å². The SMILES string of the molecule is CC(C)O[Si](c1ccccc1)(c1ccccc1)[Si](C)(C)C. The summed E-state index contributed by atoms with van der Waals surface area (Å²) in [5.41, 5.74) is 0. The predicted octanol–water partition coefficient (Wildman–Crippen LogP) is 3.59. The minimum atomic E-state index is -2.17. The molecule has 112 valence electrons. The molecule has 0 aliphatic rings. The van der Waals surface area contributed by atoms with Crippen molar-refractivity contribution >= 4 is 25.8 Å². The smallest absolute Gasteiger partial charge is 0.240 e. The van der Waals surface area contributed by atoms with E-state index in [0.29, 0.717) is 0 Å². The summed E-state index contributed by atoms with van der Waals surface area (Å²) in [6.07, 6.45) is 0.240. The van der Waals surface area contributed by atoms with Crippen molar-refractivity contribution in [3.05, 3.63) is 60.7 Å². The van der Waals surface area contributed by atoms with Crippen molar-refractivity contribution in [2.24, 2.45) is 0 Å². The van der Waals surface area contributed by atoms with Crippen LogP contribution in [0.4, 0.5) is 0 Å². The molecule has 0 fully saturated rings. The lowest BCUT2D eigenvalue weighted by Gasteiger charge is -2.43. The van der Waals surface area contributed by atoms with Gasteiger partial charge in [0.25, 0.3) is 0 Å².